The van der Waals surface area contributed by atoms with E-state index in [1.54, 1.807) is 36.4 Å². The minimum Gasteiger partial charge on any atom is -0.382 e. The third-order valence-corrected chi connectivity index (χ3v) is 9.28. The monoisotopic (exact) mass is 238 g/mol. The van der Waals surface area contributed by atoms with E-state index in [0.717, 1.165) is 0 Å². The van der Waals surface area contributed by atoms with Crippen LogP contribution in [0.2, 0.25) is 0 Å². The van der Waals surface area contributed by atoms with Gasteiger partial charge in [0.1, 0.15) is 5.44 Å². The van der Waals surface area contributed by atoms with E-state index < -0.39 is 0 Å². The van der Waals surface area contributed by atoms with Crippen molar-refractivity contribution in [3.05, 3.63) is 0 Å². The van der Waals surface area contributed by atoms with Crippen molar-refractivity contribution < 1.29 is 5.11 Å². The predicted octanol–water partition coefficient (Wildman–Crippen LogP) is 3.50. The van der Waals surface area contributed by atoms with Crippen molar-refractivity contribution >= 4 is 61.8 Å². The molecule has 0 aromatic heterocycles. The Morgan fingerprint density at radius 2 is 2.00 bits per heavy atom. The first-order valence-electron chi connectivity index (χ1n) is 1.92. The molecular formula is C2H6OS6. The maximum Gasteiger partial charge on any atom is 0.107 e. The van der Waals surface area contributed by atoms with Crippen molar-refractivity contribution in [1.29, 1.82) is 0 Å². The van der Waals surface area contributed by atoms with Gasteiger partial charge < -0.3 is 5.11 Å². The molecule has 0 aromatic rings. The number of thiol groups is 1. The largest absolute Gasteiger partial charge is 0.382 e. The normalized spacial score (nSPS) is 13.7. The Bertz CT molecular complexity index is 57.0. The molecule has 0 aliphatic rings. The molecule has 0 amide bonds. The molecule has 1 nitrogen and oxygen atoms in total. The Morgan fingerprint density at radius 3 is 2.44 bits per heavy atom. The van der Waals surface area contributed by atoms with Crippen LogP contribution in [0.15, 0.2) is 0 Å². The molecule has 0 bridgehead atoms. The van der Waals surface area contributed by atoms with Gasteiger partial charge in [-0.1, -0.05) is 22.5 Å². The smallest absolute Gasteiger partial charge is 0.107 e. The van der Waals surface area contributed by atoms with Crippen molar-refractivity contribution in [2.45, 2.75) is 12.4 Å². The summed E-state index contributed by atoms with van der Waals surface area (Å²) in [5, 5.41) is 8.75. The molecule has 1 unspecified atom stereocenters. The lowest BCUT2D eigenvalue weighted by Gasteiger charge is -1.98. The van der Waals surface area contributed by atoms with Gasteiger partial charge in [0.2, 0.25) is 0 Å². The second-order valence-electron chi connectivity index (χ2n) is 0.974. The molecule has 1 atom stereocenters. The van der Waals surface area contributed by atoms with Crippen molar-refractivity contribution in [2.75, 3.05) is 0 Å². The minimum absolute atomic E-state index is 0.284. The van der Waals surface area contributed by atoms with Crippen LogP contribution in [0.25, 0.3) is 0 Å². The molecule has 0 rings (SSSR count). The van der Waals surface area contributed by atoms with Crippen LogP contribution in [-0.4, -0.2) is 10.5 Å². The Hall–Kier alpha value is 2.06. The van der Waals surface area contributed by atoms with Gasteiger partial charge in [-0.05, 0) is 46.2 Å². The van der Waals surface area contributed by atoms with Gasteiger partial charge in [-0.3, -0.25) is 0 Å². The van der Waals surface area contributed by atoms with Crippen LogP contribution in [0, 0.1) is 0 Å². The van der Waals surface area contributed by atoms with Crippen LogP contribution in [0.5, 0.6) is 0 Å². The molecule has 7 heteroatoms. The van der Waals surface area contributed by atoms with E-state index in [1.807, 2.05) is 0 Å². The van der Waals surface area contributed by atoms with Gasteiger partial charge in [0.15, 0.2) is 0 Å². The molecule has 0 saturated heterocycles. The van der Waals surface area contributed by atoms with Gasteiger partial charge in [-0.15, -0.1) is 0 Å². The first kappa shape index (κ1) is 11.1. The average Bonchev–Trinajstić information content (AvgIpc) is 1.80. The molecule has 1 N–H and O–H groups in total. The van der Waals surface area contributed by atoms with E-state index in [-0.39, 0.29) is 5.44 Å². The number of rotatable bonds is 5. The minimum atomic E-state index is -0.284. The zero-order valence-corrected chi connectivity index (χ0v) is 9.49. The molecule has 0 saturated carbocycles. The zero-order valence-electron chi connectivity index (χ0n) is 4.51. The highest BCUT2D eigenvalue weighted by molar-refractivity contribution is 9.41. The standard InChI is InChI=1S/C2H6OS6/c1-2(3)5-7-9-8-6-4/h2-4H,1H3. The summed E-state index contributed by atoms with van der Waals surface area (Å²) in [6, 6.07) is 0. The summed E-state index contributed by atoms with van der Waals surface area (Å²) in [7, 11) is 7.60. The summed E-state index contributed by atoms with van der Waals surface area (Å²) in [4.78, 5) is 0. The van der Waals surface area contributed by atoms with E-state index in [0.29, 0.717) is 0 Å². The average molecular weight is 238 g/mol. The van der Waals surface area contributed by atoms with Crippen molar-refractivity contribution in [2.24, 2.45) is 0 Å². The van der Waals surface area contributed by atoms with E-state index >= 15 is 0 Å². The first-order chi connectivity index (χ1) is 4.27. The van der Waals surface area contributed by atoms with Gasteiger partial charge in [0.25, 0.3) is 0 Å². The summed E-state index contributed by atoms with van der Waals surface area (Å²) in [5.41, 5.74) is -0.284. The van der Waals surface area contributed by atoms with E-state index in [9.17, 15) is 0 Å². The number of aliphatic hydroxyl groups excluding tert-OH is 1. The Kier molecular flexibility index (Phi) is 10.0. The van der Waals surface area contributed by atoms with Gasteiger partial charge in [0.05, 0.1) is 0 Å². The summed E-state index contributed by atoms with van der Waals surface area (Å²) in [6.07, 6.45) is 0. The van der Waals surface area contributed by atoms with Crippen LogP contribution in [-0.2, 0) is 0 Å². The van der Waals surface area contributed by atoms with Crippen molar-refractivity contribution in [3.63, 3.8) is 0 Å². The van der Waals surface area contributed by atoms with Gasteiger partial charge in [-0.2, -0.15) is 0 Å². The van der Waals surface area contributed by atoms with Gasteiger partial charge >= 0.3 is 0 Å². The van der Waals surface area contributed by atoms with Gasteiger partial charge in [-0.25, -0.2) is 0 Å². The molecule has 0 aliphatic heterocycles. The van der Waals surface area contributed by atoms with E-state index in [4.69, 9.17) is 5.11 Å². The van der Waals surface area contributed by atoms with Gasteiger partial charge in [0, 0.05) is 0 Å². The maximum atomic E-state index is 8.75. The first-order valence-corrected chi connectivity index (χ1v) is 9.19. The topological polar surface area (TPSA) is 20.2 Å². The van der Waals surface area contributed by atoms with Crippen molar-refractivity contribution in [3.8, 4) is 0 Å². The Balaban J connectivity index is 2.75. The van der Waals surface area contributed by atoms with Crippen molar-refractivity contribution in [1.82, 2.24) is 0 Å². The number of aliphatic hydroxyl groups is 1. The zero-order chi connectivity index (χ0) is 7.11. The lowest BCUT2D eigenvalue weighted by atomic mass is 10.9. The highest BCUT2D eigenvalue weighted by Crippen LogP contribution is 2.50. The van der Waals surface area contributed by atoms with Crippen LogP contribution >= 0.6 is 61.8 Å². The molecule has 0 radical (unpaired) electrons. The molecule has 0 aromatic carbocycles. The molecule has 56 valence electrons. The molecule has 9 heavy (non-hydrogen) atoms. The van der Waals surface area contributed by atoms with Crippen LogP contribution in [0.4, 0.5) is 0 Å². The Labute approximate surface area is 78.7 Å². The highest BCUT2D eigenvalue weighted by atomic mass is 33.9. The molecular weight excluding hydrogens is 232 g/mol. The molecule has 0 heterocycles. The third-order valence-electron chi connectivity index (χ3n) is 0.265. The fourth-order valence-corrected chi connectivity index (χ4v) is 8.61. The summed E-state index contributed by atoms with van der Waals surface area (Å²) in [5.74, 6) is 0. The van der Waals surface area contributed by atoms with Crippen LogP contribution < -0.4 is 0 Å². The summed E-state index contributed by atoms with van der Waals surface area (Å²) >= 11 is 3.92. The SMILES string of the molecule is CC(O)SSSSSS. The quantitative estimate of drug-likeness (QED) is 0.328. The number of hydrogen-bond donors (Lipinski definition) is 2. The third kappa shape index (κ3) is 10.1. The second kappa shape index (κ2) is 8.16. The van der Waals surface area contributed by atoms with Crippen LogP contribution in [0.1, 0.15) is 6.92 Å². The second-order valence-corrected chi connectivity index (χ2v) is 9.67. The number of hydrogen-bond acceptors (Lipinski definition) is 7. The predicted molar refractivity (Wildman–Crippen MR) is 58.6 cm³/mol. The summed E-state index contributed by atoms with van der Waals surface area (Å²) in [6.45, 7) is 1.75. The fourth-order valence-electron chi connectivity index (χ4n) is 0.0967. The maximum absolute atomic E-state index is 8.75. The lowest BCUT2D eigenvalue weighted by Crippen LogP contribution is -1.85. The van der Waals surface area contributed by atoms with E-state index in [2.05, 4.69) is 11.7 Å². The Morgan fingerprint density at radius 1 is 1.33 bits per heavy atom. The lowest BCUT2D eigenvalue weighted by molar-refractivity contribution is 0.285. The highest BCUT2D eigenvalue weighted by Gasteiger charge is 1.96. The molecule has 0 aliphatic carbocycles. The molecule has 0 fully saturated rings. The molecule has 0 spiro atoms. The van der Waals surface area contributed by atoms with Crippen LogP contribution in [0.3, 0.4) is 0 Å². The summed E-state index contributed by atoms with van der Waals surface area (Å²) < 4.78 is 0. The van der Waals surface area contributed by atoms with E-state index in [1.165, 1.54) is 20.6 Å². The fraction of sp³-hybridized carbons (Fsp3) is 1.00.